The van der Waals surface area contributed by atoms with Crippen LogP contribution in [0.5, 0.6) is 11.5 Å². The van der Waals surface area contributed by atoms with Gasteiger partial charge < -0.3 is 13.9 Å². The number of phosphoric ester groups is 1. The number of rotatable bonds is 6. The Hall–Kier alpha value is -1.43. The van der Waals surface area contributed by atoms with Crippen LogP contribution < -0.4 is 43.5 Å². The first-order valence-corrected chi connectivity index (χ1v) is 7.29. The molecule has 2 rings (SSSR count). The van der Waals surface area contributed by atoms with E-state index in [0.717, 1.165) is 0 Å². The molecule has 2 aromatic rings. The summed E-state index contributed by atoms with van der Waals surface area (Å²) in [6.45, 7) is 0. The Balaban J connectivity index is 0.00000242. The van der Waals surface area contributed by atoms with E-state index in [9.17, 15) is 19.0 Å². The fraction of sp³-hybridized carbons (Fsp3) is 0. The molecule has 0 aliphatic heterocycles. The fourth-order valence-corrected chi connectivity index (χ4v) is 2.29. The number of hydrogen-bond donors (Lipinski definition) is 0. The summed E-state index contributed by atoms with van der Waals surface area (Å²) < 4.78 is 21.2. The molecule has 0 spiro atoms. The molecule has 0 N–H and O–H groups in total. The van der Waals surface area contributed by atoms with Gasteiger partial charge in [0.1, 0.15) is 24.1 Å². The standard InChI is InChI=1S/C14H11O6P.Na/c15-9-11-1-5-13(6-2-11)19-21(17,18)20-14-7-3-12(10-16)4-8-14;/h1-10H,(H,17,18);/q;+1/p-1. The summed E-state index contributed by atoms with van der Waals surface area (Å²) in [5.74, 6) is 0.0619. The van der Waals surface area contributed by atoms with E-state index < -0.39 is 7.82 Å². The van der Waals surface area contributed by atoms with Gasteiger partial charge in [-0.05, 0) is 48.5 Å². The molecule has 0 bridgehead atoms. The van der Waals surface area contributed by atoms with Gasteiger partial charge in [-0.1, -0.05) is 0 Å². The van der Waals surface area contributed by atoms with Crippen LogP contribution >= 0.6 is 7.82 Å². The van der Waals surface area contributed by atoms with E-state index >= 15 is 0 Å². The SMILES string of the molecule is O=Cc1ccc(OP(=O)([O-])Oc2ccc(C=O)cc2)cc1.[Na+]. The van der Waals surface area contributed by atoms with Crippen LogP contribution in [-0.2, 0) is 4.57 Å². The zero-order valence-corrected chi connectivity index (χ0v) is 14.6. The molecule has 22 heavy (non-hydrogen) atoms. The molecule has 0 aromatic heterocycles. The number of carbonyl (C=O) groups is 2. The molecule has 0 aliphatic carbocycles. The third-order valence-corrected chi connectivity index (χ3v) is 3.34. The van der Waals surface area contributed by atoms with Crippen molar-refractivity contribution >= 4 is 20.4 Å². The number of phosphoric acid groups is 1. The molecule has 6 nitrogen and oxygen atoms in total. The molecule has 8 heteroatoms. The molecule has 0 radical (unpaired) electrons. The molecule has 108 valence electrons. The Kier molecular flexibility index (Phi) is 7.00. The van der Waals surface area contributed by atoms with Crippen molar-refractivity contribution in [2.75, 3.05) is 0 Å². The predicted molar refractivity (Wildman–Crippen MR) is 72.5 cm³/mol. The summed E-state index contributed by atoms with van der Waals surface area (Å²) in [6.07, 6.45) is 1.26. The zero-order valence-electron chi connectivity index (χ0n) is 11.7. The van der Waals surface area contributed by atoms with Gasteiger partial charge >= 0.3 is 37.4 Å². The largest absolute Gasteiger partial charge is 1.00 e. The van der Waals surface area contributed by atoms with Gasteiger partial charge in [0.2, 0.25) is 0 Å². The topological polar surface area (TPSA) is 92.7 Å². The van der Waals surface area contributed by atoms with Crippen LogP contribution in [0.4, 0.5) is 0 Å². The summed E-state index contributed by atoms with van der Waals surface area (Å²) in [5, 5.41) is 0. The monoisotopic (exact) mass is 328 g/mol. The van der Waals surface area contributed by atoms with Crippen molar-refractivity contribution < 1.29 is 57.7 Å². The second-order valence-corrected chi connectivity index (χ2v) is 5.26. The minimum absolute atomic E-state index is 0. The second-order valence-electron chi connectivity index (χ2n) is 4.00. The second kappa shape index (κ2) is 8.27. The van der Waals surface area contributed by atoms with Gasteiger partial charge in [-0.15, -0.1) is 0 Å². The van der Waals surface area contributed by atoms with Crippen LogP contribution in [0.25, 0.3) is 0 Å². The van der Waals surface area contributed by atoms with Crippen LogP contribution in [0.3, 0.4) is 0 Å². The third kappa shape index (κ3) is 5.40. The van der Waals surface area contributed by atoms with E-state index in [1.807, 2.05) is 0 Å². The first kappa shape index (κ1) is 18.6. The number of hydrogen-bond acceptors (Lipinski definition) is 6. The van der Waals surface area contributed by atoms with Gasteiger partial charge in [0.25, 0.3) is 0 Å². The van der Waals surface area contributed by atoms with Crippen molar-refractivity contribution in [1.82, 2.24) is 0 Å². The molecule has 0 saturated heterocycles. The van der Waals surface area contributed by atoms with E-state index in [-0.39, 0.29) is 41.1 Å². The minimum atomic E-state index is -4.61. The first-order chi connectivity index (χ1) is 10.0. The Bertz CT molecular complexity index is 626. The van der Waals surface area contributed by atoms with Gasteiger partial charge in [-0.3, -0.25) is 9.59 Å². The molecule has 0 heterocycles. The molecule has 0 unspecified atom stereocenters. The van der Waals surface area contributed by atoms with Gasteiger partial charge in [0.05, 0.1) is 0 Å². The van der Waals surface area contributed by atoms with E-state index in [1.165, 1.54) is 48.5 Å². The summed E-state index contributed by atoms with van der Waals surface area (Å²) in [6, 6.07) is 11.0. The molecule has 0 saturated carbocycles. The average Bonchev–Trinajstić information content (AvgIpc) is 2.48. The maximum atomic E-state index is 11.7. The van der Waals surface area contributed by atoms with Gasteiger partial charge in [0.15, 0.2) is 0 Å². The van der Waals surface area contributed by atoms with Crippen molar-refractivity contribution in [3.8, 4) is 11.5 Å². The van der Waals surface area contributed by atoms with Crippen LogP contribution in [0, 0.1) is 0 Å². The Labute approximate surface area is 149 Å². The van der Waals surface area contributed by atoms with Crippen LogP contribution in [-0.4, -0.2) is 12.6 Å². The molecule has 0 atom stereocenters. The van der Waals surface area contributed by atoms with E-state index in [1.54, 1.807) is 0 Å². The quantitative estimate of drug-likeness (QED) is 0.393. The summed E-state index contributed by atoms with van der Waals surface area (Å²) in [4.78, 5) is 32.7. The first-order valence-electron chi connectivity index (χ1n) is 5.83. The number of benzene rings is 2. The van der Waals surface area contributed by atoms with E-state index in [4.69, 9.17) is 9.05 Å². The van der Waals surface area contributed by atoms with Crippen molar-refractivity contribution in [2.45, 2.75) is 0 Å². The molecular weight excluding hydrogens is 318 g/mol. The Morgan fingerprint density at radius 1 is 0.773 bits per heavy atom. The van der Waals surface area contributed by atoms with Crippen LogP contribution in [0.15, 0.2) is 48.5 Å². The number of aldehydes is 2. The third-order valence-electron chi connectivity index (χ3n) is 2.47. The Morgan fingerprint density at radius 2 is 1.09 bits per heavy atom. The van der Waals surface area contributed by atoms with Crippen molar-refractivity contribution in [2.24, 2.45) is 0 Å². The summed E-state index contributed by atoms with van der Waals surface area (Å²) in [7, 11) is -4.61. The van der Waals surface area contributed by atoms with Crippen molar-refractivity contribution in [3.05, 3.63) is 59.7 Å². The smallest absolute Gasteiger partial charge is 0.736 e. The van der Waals surface area contributed by atoms with Crippen molar-refractivity contribution in [3.63, 3.8) is 0 Å². The number of carbonyl (C=O) groups excluding carboxylic acids is 2. The molecule has 2 aromatic carbocycles. The average molecular weight is 328 g/mol. The van der Waals surface area contributed by atoms with Crippen LogP contribution in [0.2, 0.25) is 0 Å². The molecule has 0 fully saturated rings. The van der Waals surface area contributed by atoms with E-state index in [2.05, 4.69) is 0 Å². The molecule has 0 aliphatic rings. The van der Waals surface area contributed by atoms with E-state index in [0.29, 0.717) is 23.7 Å². The maximum absolute atomic E-state index is 11.7. The van der Waals surface area contributed by atoms with Gasteiger partial charge in [0, 0.05) is 11.1 Å². The summed E-state index contributed by atoms with van der Waals surface area (Å²) >= 11 is 0. The molecule has 0 amide bonds. The zero-order chi connectivity index (χ0) is 15.3. The van der Waals surface area contributed by atoms with Crippen molar-refractivity contribution in [1.29, 1.82) is 0 Å². The Morgan fingerprint density at radius 3 is 1.36 bits per heavy atom. The predicted octanol–water partition coefficient (Wildman–Crippen LogP) is -0.758. The maximum Gasteiger partial charge on any atom is 1.00 e. The normalized spacial score (nSPS) is 10.2. The summed E-state index contributed by atoms with van der Waals surface area (Å²) in [5.41, 5.74) is 0.793. The van der Waals surface area contributed by atoms with Gasteiger partial charge in [-0.2, -0.15) is 0 Å². The minimum Gasteiger partial charge on any atom is -0.736 e. The van der Waals surface area contributed by atoms with Crippen LogP contribution in [0.1, 0.15) is 20.7 Å². The molecular formula is C14H10NaO6P. The van der Waals surface area contributed by atoms with Gasteiger partial charge in [-0.25, -0.2) is 4.57 Å². The fourth-order valence-electron chi connectivity index (χ4n) is 1.49.